The number of carbonyl (C=O) groups is 2. The van der Waals surface area contributed by atoms with Crippen LogP contribution in [0.15, 0.2) is 42.6 Å². The second-order valence-electron chi connectivity index (χ2n) is 5.89. The van der Waals surface area contributed by atoms with Gasteiger partial charge in [-0.2, -0.15) is 0 Å². The molecule has 7 heteroatoms. The maximum atomic E-state index is 11.9. The molecule has 0 atom stereocenters. The number of nitrogens with two attached hydrogens (primary N) is 1. The topological polar surface area (TPSA) is 97.1 Å². The van der Waals surface area contributed by atoms with Gasteiger partial charge in [-0.15, -0.1) is 0 Å². The summed E-state index contributed by atoms with van der Waals surface area (Å²) >= 11 is 5.80. The minimum atomic E-state index is -0.481. The van der Waals surface area contributed by atoms with Crippen molar-refractivity contribution in [2.24, 2.45) is 5.73 Å². The van der Waals surface area contributed by atoms with Gasteiger partial charge < -0.3 is 16.4 Å². The Hall–Kier alpha value is -2.44. The van der Waals surface area contributed by atoms with Crippen molar-refractivity contribution >= 4 is 29.1 Å². The molecule has 0 radical (unpaired) electrons. The molecule has 24 heavy (non-hydrogen) atoms. The predicted molar refractivity (Wildman–Crippen MR) is 94.3 cm³/mol. The molecular weight excluding hydrogens is 328 g/mol. The Labute approximate surface area is 145 Å². The molecular formula is C17H19ClN4O2. The summed E-state index contributed by atoms with van der Waals surface area (Å²) in [4.78, 5) is 27.7. The fraction of sp³-hybridized carbons (Fsp3) is 0.235. The van der Waals surface area contributed by atoms with Gasteiger partial charge in [-0.3, -0.25) is 9.78 Å². The van der Waals surface area contributed by atoms with Crippen LogP contribution in [0.4, 0.5) is 10.5 Å². The molecule has 0 saturated carbocycles. The first kappa shape index (κ1) is 17.9. The zero-order valence-electron chi connectivity index (χ0n) is 13.5. The number of ketones is 1. The molecule has 1 aromatic heterocycles. The van der Waals surface area contributed by atoms with E-state index in [1.54, 1.807) is 18.2 Å². The lowest BCUT2D eigenvalue weighted by Gasteiger charge is -2.19. The van der Waals surface area contributed by atoms with Crippen LogP contribution in [-0.4, -0.2) is 23.3 Å². The van der Waals surface area contributed by atoms with Crippen molar-refractivity contribution in [3.8, 4) is 0 Å². The van der Waals surface area contributed by atoms with Gasteiger partial charge in [-0.1, -0.05) is 23.7 Å². The highest BCUT2D eigenvalue weighted by molar-refractivity contribution is 6.30. The average Bonchev–Trinajstić information content (AvgIpc) is 2.52. The van der Waals surface area contributed by atoms with Crippen LogP contribution >= 0.6 is 11.6 Å². The molecule has 2 aromatic rings. The molecule has 0 unspecified atom stereocenters. The lowest BCUT2D eigenvalue weighted by atomic mass is 9.96. The lowest BCUT2D eigenvalue weighted by Crippen LogP contribution is -2.33. The van der Waals surface area contributed by atoms with Crippen LogP contribution in [0.5, 0.6) is 0 Å². The van der Waals surface area contributed by atoms with Gasteiger partial charge in [-0.05, 0) is 43.7 Å². The molecule has 0 bridgehead atoms. The van der Waals surface area contributed by atoms with Crippen LogP contribution < -0.4 is 16.4 Å². The SMILES string of the molecule is CC(C)(N)c1ccc(NC(=O)NCC(=O)c2cc(Cl)ccn2)cc1. The number of rotatable bonds is 5. The van der Waals surface area contributed by atoms with E-state index < -0.39 is 11.6 Å². The van der Waals surface area contributed by atoms with Gasteiger partial charge in [0.25, 0.3) is 0 Å². The number of nitrogens with one attached hydrogen (secondary N) is 2. The molecule has 1 aromatic carbocycles. The number of benzene rings is 1. The summed E-state index contributed by atoms with van der Waals surface area (Å²) in [6, 6.07) is 9.74. The molecule has 0 spiro atoms. The average molecular weight is 347 g/mol. The van der Waals surface area contributed by atoms with E-state index in [2.05, 4.69) is 15.6 Å². The van der Waals surface area contributed by atoms with E-state index in [1.807, 2.05) is 26.0 Å². The highest BCUT2D eigenvalue weighted by Gasteiger charge is 2.14. The van der Waals surface area contributed by atoms with Crippen molar-refractivity contribution in [1.82, 2.24) is 10.3 Å². The summed E-state index contributed by atoms with van der Waals surface area (Å²) in [5, 5.41) is 5.55. The number of carbonyl (C=O) groups excluding carboxylic acids is 2. The second-order valence-corrected chi connectivity index (χ2v) is 6.33. The summed E-state index contributed by atoms with van der Waals surface area (Å²) in [5.41, 5.74) is 7.32. The Balaban J connectivity index is 1.88. The number of Topliss-reactive ketones (excluding diaryl/α,β-unsaturated/α-hetero) is 1. The van der Waals surface area contributed by atoms with E-state index in [4.69, 9.17) is 17.3 Å². The second kappa shape index (κ2) is 7.42. The van der Waals surface area contributed by atoms with Gasteiger partial charge in [0.2, 0.25) is 0 Å². The highest BCUT2D eigenvalue weighted by atomic mass is 35.5. The Morgan fingerprint density at radius 3 is 2.46 bits per heavy atom. The first-order valence-corrected chi connectivity index (χ1v) is 7.72. The maximum absolute atomic E-state index is 11.9. The molecule has 0 aliphatic carbocycles. The smallest absolute Gasteiger partial charge is 0.319 e. The normalized spacial score (nSPS) is 11.0. The van der Waals surface area contributed by atoms with Crippen LogP contribution in [0.3, 0.4) is 0 Å². The molecule has 6 nitrogen and oxygen atoms in total. The summed E-state index contributed by atoms with van der Waals surface area (Å²) in [5.74, 6) is -0.326. The van der Waals surface area contributed by atoms with Crippen LogP contribution in [0, 0.1) is 0 Å². The van der Waals surface area contributed by atoms with Gasteiger partial charge in [0.05, 0.1) is 6.54 Å². The van der Waals surface area contributed by atoms with E-state index in [0.717, 1.165) is 5.56 Å². The maximum Gasteiger partial charge on any atom is 0.319 e. The first-order valence-electron chi connectivity index (χ1n) is 7.35. The van der Waals surface area contributed by atoms with Crippen LogP contribution in [0.2, 0.25) is 5.02 Å². The summed E-state index contributed by atoms with van der Waals surface area (Å²) < 4.78 is 0. The number of anilines is 1. The van der Waals surface area contributed by atoms with Gasteiger partial charge in [-0.25, -0.2) is 4.79 Å². The minimum absolute atomic E-state index is 0.174. The third-order valence-corrected chi connectivity index (χ3v) is 3.54. The zero-order valence-corrected chi connectivity index (χ0v) is 14.2. The number of amides is 2. The van der Waals surface area contributed by atoms with Gasteiger partial charge in [0, 0.05) is 22.4 Å². The molecule has 0 aliphatic heterocycles. The van der Waals surface area contributed by atoms with Gasteiger partial charge in [0.1, 0.15) is 5.69 Å². The van der Waals surface area contributed by atoms with Crippen LogP contribution in [0.1, 0.15) is 29.9 Å². The molecule has 126 valence electrons. The number of nitrogens with zero attached hydrogens (tertiary/aromatic N) is 1. The summed E-state index contributed by atoms with van der Waals surface area (Å²) in [6.07, 6.45) is 1.44. The Kier molecular flexibility index (Phi) is 5.54. The first-order chi connectivity index (χ1) is 11.3. The molecule has 0 aliphatic rings. The molecule has 2 rings (SSSR count). The van der Waals surface area contributed by atoms with Crippen LogP contribution in [0.25, 0.3) is 0 Å². The van der Waals surface area contributed by atoms with E-state index in [0.29, 0.717) is 10.7 Å². The van der Waals surface area contributed by atoms with Gasteiger partial charge in [0.15, 0.2) is 5.78 Å². The molecule has 0 fully saturated rings. The highest BCUT2D eigenvalue weighted by Crippen LogP contribution is 2.19. The number of hydrogen-bond acceptors (Lipinski definition) is 4. The van der Waals surface area contributed by atoms with E-state index in [-0.39, 0.29) is 18.0 Å². The van der Waals surface area contributed by atoms with Crippen LogP contribution in [-0.2, 0) is 5.54 Å². The number of halogens is 1. The minimum Gasteiger partial charge on any atom is -0.330 e. The van der Waals surface area contributed by atoms with Crippen molar-refractivity contribution in [3.05, 3.63) is 58.9 Å². The number of urea groups is 1. The van der Waals surface area contributed by atoms with Gasteiger partial charge >= 0.3 is 6.03 Å². The molecule has 0 saturated heterocycles. The fourth-order valence-electron chi connectivity index (χ4n) is 1.97. The fourth-order valence-corrected chi connectivity index (χ4v) is 2.13. The molecule has 1 heterocycles. The largest absolute Gasteiger partial charge is 0.330 e. The third-order valence-electron chi connectivity index (χ3n) is 3.30. The number of aromatic nitrogens is 1. The summed E-state index contributed by atoms with van der Waals surface area (Å²) in [6.45, 7) is 3.63. The van der Waals surface area contributed by atoms with Crippen molar-refractivity contribution in [2.75, 3.05) is 11.9 Å². The standard InChI is InChI=1S/C17H19ClN4O2/c1-17(2,19)11-3-5-13(6-4-11)22-16(24)21-10-15(23)14-9-12(18)7-8-20-14/h3-9H,10,19H2,1-2H3,(H2,21,22,24). The Morgan fingerprint density at radius 1 is 1.21 bits per heavy atom. The quantitative estimate of drug-likeness (QED) is 0.725. The number of hydrogen-bond donors (Lipinski definition) is 3. The predicted octanol–water partition coefficient (Wildman–Crippen LogP) is 2.93. The van der Waals surface area contributed by atoms with E-state index >= 15 is 0 Å². The summed E-state index contributed by atoms with van der Waals surface area (Å²) in [7, 11) is 0. The van der Waals surface area contributed by atoms with Crippen molar-refractivity contribution < 1.29 is 9.59 Å². The third kappa shape index (κ3) is 5.04. The zero-order chi connectivity index (χ0) is 17.7. The monoisotopic (exact) mass is 346 g/mol. The molecule has 4 N–H and O–H groups in total. The van der Waals surface area contributed by atoms with E-state index in [9.17, 15) is 9.59 Å². The van der Waals surface area contributed by atoms with Crippen molar-refractivity contribution in [3.63, 3.8) is 0 Å². The van der Waals surface area contributed by atoms with E-state index in [1.165, 1.54) is 12.3 Å². The Bertz CT molecular complexity index is 739. The van der Waals surface area contributed by atoms with Crippen molar-refractivity contribution in [2.45, 2.75) is 19.4 Å². The lowest BCUT2D eigenvalue weighted by molar-refractivity contribution is 0.0988. The van der Waals surface area contributed by atoms with Crippen molar-refractivity contribution in [1.29, 1.82) is 0 Å². The Morgan fingerprint density at radius 2 is 1.88 bits per heavy atom. The number of pyridine rings is 1. The molecule has 2 amide bonds.